The highest BCUT2D eigenvalue weighted by Crippen LogP contribution is 2.23. The molecule has 2 aliphatic rings. The van der Waals surface area contributed by atoms with Crippen molar-refractivity contribution in [2.75, 3.05) is 19.6 Å². The van der Waals surface area contributed by atoms with E-state index < -0.39 is 12.0 Å². The lowest BCUT2D eigenvalue weighted by Crippen LogP contribution is -2.40. The second-order valence-corrected chi connectivity index (χ2v) is 7.30. The molecule has 2 saturated heterocycles. The summed E-state index contributed by atoms with van der Waals surface area (Å²) in [4.78, 5) is 30.2. The Balaban J connectivity index is 1.66. The highest BCUT2D eigenvalue weighted by molar-refractivity contribution is 6.00. The van der Waals surface area contributed by atoms with Crippen LogP contribution in [0, 0.1) is 0 Å². The van der Waals surface area contributed by atoms with E-state index in [4.69, 9.17) is 7.58 Å². The van der Waals surface area contributed by atoms with Crippen molar-refractivity contribution in [2.24, 2.45) is 0 Å². The lowest BCUT2D eigenvalue weighted by molar-refractivity contribution is -0.177. The molecule has 7 heteroatoms. The molecule has 2 N–H and O–H groups in total. The lowest BCUT2D eigenvalue weighted by atomic mass is 10.1. The number of nitrogens with one attached hydrogen (secondary N) is 2. The lowest BCUT2D eigenvalue weighted by Gasteiger charge is -2.30. The van der Waals surface area contributed by atoms with Gasteiger partial charge in [0.25, 0.3) is 11.8 Å². The number of rotatable bonds is 12. The third-order valence-corrected chi connectivity index (χ3v) is 4.78. The first-order chi connectivity index (χ1) is 13.9. The highest BCUT2D eigenvalue weighted by atomic mass is 16.7. The van der Waals surface area contributed by atoms with E-state index in [2.05, 4.69) is 30.4 Å². The van der Waals surface area contributed by atoms with Crippen LogP contribution in [0.2, 0.25) is 0 Å². The number of carbonyl (C=O) groups excluding carboxylic acids is 2. The first-order valence-corrected chi connectivity index (χ1v) is 9.79. The van der Waals surface area contributed by atoms with E-state index >= 15 is 0 Å². The molecule has 0 bridgehead atoms. The van der Waals surface area contributed by atoms with Gasteiger partial charge in [0.05, 0.1) is 1.37 Å². The van der Waals surface area contributed by atoms with Gasteiger partial charge in [-0.05, 0) is 33.2 Å². The van der Waals surface area contributed by atoms with E-state index in [0.717, 1.165) is 23.7 Å². The third-order valence-electron chi connectivity index (χ3n) is 4.78. The molecular formula is C21H34N4O3. The topological polar surface area (TPSA) is 73.9 Å². The summed E-state index contributed by atoms with van der Waals surface area (Å²) >= 11 is 0. The minimum absolute atomic E-state index is 0.177. The van der Waals surface area contributed by atoms with Gasteiger partial charge in [-0.25, -0.2) is 0 Å². The van der Waals surface area contributed by atoms with Gasteiger partial charge in [-0.3, -0.25) is 14.5 Å². The molecule has 0 aromatic rings. The van der Waals surface area contributed by atoms with Crippen LogP contribution in [-0.4, -0.2) is 53.4 Å². The Morgan fingerprint density at radius 1 is 1.21 bits per heavy atom. The SMILES string of the molecule is [2H]C(C)(C)N1CCCC1([2H])C(=C)NCCC(=C)NCCC(=C)ON1C(=O)CCC1=O. The second-order valence-electron chi connectivity index (χ2n) is 7.30. The largest absolute Gasteiger partial charge is 0.388 e. The summed E-state index contributed by atoms with van der Waals surface area (Å²) in [5.74, 6) is -0.348. The molecule has 7 nitrogen and oxygen atoms in total. The van der Waals surface area contributed by atoms with Gasteiger partial charge in [-0.1, -0.05) is 19.7 Å². The van der Waals surface area contributed by atoms with Gasteiger partial charge in [-0.15, -0.1) is 5.06 Å². The van der Waals surface area contributed by atoms with Gasteiger partial charge in [0, 0.05) is 63.6 Å². The van der Waals surface area contributed by atoms with E-state index in [9.17, 15) is 9.59 Å². The molecule has 0 saturated carbocycles. The van der Waals surface area contributed by atoms with Gasteiger partial charge in [0.15, 0.2) is 0 Å². The Labute approximate surface area is 171 Å². The van der Waals surface area contributed by atoms with Gasteiger partial charge in [0.2, 0.25) is 0 Å². The monoisotopic (exact) mass is 392 g/mol. The quantitative estimate of drug-likeness (QED) is 0.393. The van der Waals surface area contributed by atoms with E-state index in [1.807, 2.05) is 4.90 Å². The maximum absolute atomic E-state index is 11.5. The van der Waals surface area contributed by atoms with Crippen LogP contribution in [0.3, 0.4) is 0 Å². The fourth-order valence-corrected chi connectivity index (χ4v) is 3.25. The summed E-state index contributed by atoms with van der Waals surface area (Å²) in [6.45, 7) is 17.2. The van der Waals surface area contributed by atoms with Crippen LogP contribution in [0.1, 0.15) is 55.1 Å². The Hall–Kier alpha value is -2.28. The average Bonchev–Trinajstić information content (AvgIpc) is 3.20. The minimum atomic E-state index is -0.973. The highest BCUT2D eigenvalue weighted by Gasteiger charge is 2.31. The zero-order chi connectivity index (χ0) is 22.5. The summed E-state index contributed by atoms with van der Waals surface area (Å²) in [7, 11) is 0. The molecule has 0 aliphatic carbocycles. The molecule has 0 aromatic heterocycles. The molecule has 0 aromatic carbocycles. The van der Waals surface area contributed by atoms with Crippen molar-refractivity contribution in [1.82, 2.24) is 20.6 Å². The molecule has 0 radical (unpaired) electrons. The number of amides is 2. The van der Waals surface area contributed by atoms with Crippen LogP contribution in [-0.2, 0) is 14.4 Å². The number of hydrogen-bond acceptors (Lipinski definition) is 6. The van der Waals surface area contributed by atoms with E-state index in [0.29, 0.717) is 43.8 Å². The molecule has 0 spiro atoms. The molecule has 1 atom stereocenters. The Bertz CT molecular complexity index is 704. The molecule has 2 fully saturated rings. The fourth-order valence-electron chi connectivity index (χ4n) is 3.25. The third kappa shape index (κ3) is 6.12. The van der Waals surface area contributed by atoms with E-state index in [1.54, 1.807) is 13.8 Å². The standard InChI is InChI=1S/C21H34N4O3/c1-15(2)24-14-6-7-19(24)18(5)23-12-10-16(3)22-13-11-17(4)28-25-20(26)8-9-21(25)27/h15,19,22-23H,3-14H2,1-2H3/i15D,19D. The number of likely N-dealkylation sites (tertiary alicyclic amines) is 1. The van der Waals surface area contributed by atoms with Crippen molar-refractivity contribution >= 4 is 11.8 Å². The van der Waals surface area contributed by atoms with Gasteiger partial charge in [-0.2, -0.15) is 0 Å². The summed E-state index contributed by atoms with van der Waals surface area (Å²) in [5, 5.41) is 7.18. The number of hydrogen-bond donors (Lipinski definition) is 2. The summed E-state index contributed by atoms with van der Waals surface area (Å²) in [6, 6.07) is -1.80. The van der Waals surface area contributed by atoms with Gasteiger partial charge < -0.3 is 15.5 Å². The second kappa shape index (κ2) is 10.3. The Kier molecular flexibility index (Phi) is 7.02. The van der Waals surface area contributed by atoms with Crippen molar-refractivity contribution in [1.29, 1.82) is 0 Å². The van der Waals surface area contributed by atoms with E-state index in [-0.39, 0.29) is 24.7 Å². The van der Waals surface area contributed by atoms with Crippen molar-refractivity contribution < 1.29 is 17.2 Å². The molecule has 28 heavy (non-hydrogen) atoms. The molecule has 2 heterocycles. The van der Waals surface area contributed by atoms with Crippen LogP contribution < -0.4 is 10.6 Å². The minimum Gasteiger partial charge on any atom is -0.388 e. The molecule has 2 rings (SSSR count). The summed E-state index contributed by atoms with van der Waals surface area (Å²) in [5.41, 5.74) is 1.41. The molecule has 2 amide bonds. The van der Waals surface area contributed by atoms with Crippen LogP contribution in [0.5, 0.6) is 0 Å². The van der Waals surface area contributed by atoms with Crippen molar-refractivity contribution in [3.8, 4) is 0 Å². The first kappa shape index (κ1) is 19.1. The smallest absolute Gasteiger partial charge is 0.263 e. The van der Waals surface area contributed by atoms with Gasteiger partial charge >= 0.3 is 0 Å². The fraction of sp³-hybridized carbons (Fsp3) is 0.619. The van der Waals surface area contributed by atoms with Crippen LogP contribution in [0.15, 0.2) is 36.9 Å². The molecule has 2 aliphatic heterocycles. The van der Waals surface area contributed by atoms with Crippen molar-refractivity contribution in [3.63, 3.8) is 0 Å². The number of hydroxylamine groups is 2. The first-order valence-electron chi connectivity index (χ1n) is 10.8. The summed E-state index contributed by atoms with van der Waals surface area (Å²) < 4.78 is 17.1. The number of nitrogens with zero attached hydrogens (tertiary/aromatic N) is 2. The summed E-state index contributed by atoms with van der Waals surface area (Å²) in [6.07, 6.45) is 2.95. The Morgan fingerprint density at radius 2 is 1.86 bits per heavy atom. The average molecular weight is 393 g/mol. The molecule has 156 valence electrons. The zero-order valence-electron chi connectivity index (χ0n) is 19.1. The predicted octanol–water partition coefficient (Wildman–Crippen LogP) is 2.44. The van der Waals surface area contributed by atoms with E-state index in [1.165, 1.54) is 0 Å². The Morgan fingerprint density at radius 3 is 2.50 bits per heavy atom. The zero-order valence-corrected chi connectivity index (χ0v) is 17.1. The predicted molar refractivity (Wildman–Crippen MR) is 110 cm³/mol. The van der Waals surface area contributed by atoms with Crippen molar-refractivity contribution in [3.05, 3.63) is 36.9 Å². The van der Waals surface area contributed by atoms with Crippen LogP contribution in [0.4, 0.5) is 0 Å². The number of imide groups is 1. The number of carbonyl (C=O) groups is 2. The van der Waals surface area contributed by atoms with Gasteiger partial charge in [0.1, 0.15) is 5.76 Å². The van der Waals surface area contributed by atoms with Crippen LogP contribution >= 0.6 is 0 Å². The normalized spacial score (nSPS) is 24.0. The maximum Gasteiger partial charge on any atom is 0.263 e. The van der Waals surface area contributed by atoms with Crippen molar-refractivity contribution in [2.45, 2.75) is 64.4 Å². The van der Waals surface area contributed by atoms with Crippen LogP contribution in [0.25, 0.3) is 0 Å². The molecule has 1 unspecified atom stereocenters. The maximum atomic E-state index is 11.5. The molecular weight excluding hydrogens is 356 g/mol.